The molecule has 0 saturated carbocycles. The summed E-state index contributed by atoms with van der Waals surface area (Å²) in [6.45, 7) is 4.83. The first-order chi connectivity index (χ1) is 16.5. The Morgan fingerprint density at radius 1 is 1.21 bits per heavy atom. The molecule has 0 radical (unpaired) electrons. The number of fused-ring (bicyclic) bond motifs is 7. The predicted molar refractivity (Wildman–Crippen MR) is 131 cm³/mol. The highest BCUT2D eigenvalue weighted by atomic mass is 35.5. The highest BCUT2D eigenvalue weighted by Crippen LogP contribution is 2.45. The zero-order chi connectivity index (χ0) is 23.4. The first-order valence-corrected chi connectivity index (χ1v) is 13.0. The maximum Gasteiger partial charge on any atom is 0.336 e. The van der Waals surface area contributed by atoms with Crippen molar-refractivity contribution in [3.05, 3.63) is 50.9 Å². The number of likely N-dealkylation sites (tertiary alicyclic amines) is 1. The molecular formula is C27H31ClN2O4. The van der Waals surface area contributed by atoms with Gasteiger partial charge in [-0.1, -0.05) is 29.7 Å². The van der Waals surface area contributed by atoms with Crippen LogP contribution in [-0.2, 0) is 4.79 Å². The Bertz CT molecular complexity index is 1220. The van der Waals surface area contributed by atoms with Gasteiger partial charge in [0.15, 0.2) is 6.61 Å². The van der Waals surface area contributed by atoms with Gasteiger partial charge in [-0.05, 0) is 69.0 Å². The van der Waals surface area contributed by atoms with E-state index in [-0.39, 0.29) is 18.6 Å². The standard InChI is InChI=1S/C27H31ClN2O4/c1-16-9-26(32)34-23-13-24(21(28)12-20(16)23)33-15-25(31)30-8-4-5-17-10-18-11-19(27(17)30)14-29-7-3-2-6-22(18)29/h9-10,12-13,18-19,22,27H,2-8,11,14-15H2,1H3/t18-,19-,22+,27+/m0/s1. The number of rotatable bonds is 3. The van der Waals surface area contributed by atoms with Gasteiger partial charge in [0.1, 0.15) is 11.3 Å². The Balaban J connectivity index is 1.21. The topological polar surface area (TPSA) is 63.0 Å². The lowest BCUT2D eigenvalue weighted by atomic mass is 9.68. The smallest absolute Gasteiger partial charge is 0.336 e. The van der Waals surface area contributed by atoms with E-state index >= 15 is 0 Å². The van der Waals surface area contributed by atoms with Gasteiger partial charge < -0.3 is 14.1 Å². The molecule has 3 fully saturated rings. The molecule has 2 bridgehead atoms. The van der Waals surface area contributed by atoms with Crippen LogP contribution in [0.15, 0.2) is 39.1 Å². The zero-order valence-corrected chi connectivity index (χ0v) is 20.4. The Morgan fingerprint density at radius 3 is 2.97 bits per heavy atom. The van der Waals surface area contributed by atoms with E-state index in [1.807, 2.05) is 6.92 Å². The predicted octanol–water partition coefficient (Wildman–Crippen LogP) is 4.56. The summed E-state index contributed by atoms with van der Waals surface area (Å²) < 4.78 is 11.2. The third kappa shape index (κ3) is 3.85. The molecule has 0 spiro atoms. The maximum atomic E-state index is 13.4. The molecule has 3 saturated heterocycles. The summed E-state index contributed by atoms with van der Waals surface area (Å²) in [5.41, 5.74) is 2.26. The fourth-order valence-electron chi connectivity index (χ4n) is 6.91. The third-order valence-corrected chi connectivity index (χ3v) is 8.63. The van der Waals surface area contributed by atoms with Crippen LogP contribution in [0.5, 0.6) is 5.75 Å². The number of carbonyl (C=O) groups is 1. The average molecular weight is 483 g/mol. The van der Waals surface area contributed by atoms with Gasteiger partial charge in [-0.15, -0.1) is 0 Å². The Hall–Kier alpha value is -2.31. The SMILES string of the molecule is Cc1cc(=O)oc2cc(OCC(=O)N3CCCC4=C[C@H]5C[C@@H](CN6CCCC[C@H]56)[C@@H]43)c(Cl)cc12. The number of halogens is 1. The summed E-state index contributed by atoms with van der Waals surface area (Å²) in [5.74, 6) is 1.51. The molecule has 6 rings (SSSR count). The molecule has 4 aliphatic rings. The second-order valence-electron chi connectivity index (χ2n) is 10.4. The average Bonchev–Trinajstić information content (AvgIpc) is 2.83. The molecule has 34 heavy (non-hydrogen) atoms. The highest BCUT2D eigenvalue weighted by molar-refractivity contribution is 6.32. The van der Waals surface area contributed by atoms with Gasteiger partial charge in [-0.2, -0.15) is 0 Å². The van der Waals surface area contributed by atoms with Crippen molar-refractivity contribution in [3.63, 3.8) is 0 Å². The van der Waals surface area contributed by atoms with Crippen LogP contribution >= 0.6 is 11.6 Å². The monoisotopic (exact) mass is 482 g/mol. The zero-order valence-electron chi connectivity index (χ0n) is 19.6. The summed E-state index contributed by atoms with van der Waals surface area (Å²) in [7, 11) is 0. The molecule has 1 aromatic carbocycles. The van der Waals surface area contributed by atoms with Crippen molar-refractivity contribution < 1.29 is 13.9 Å². The van der Waals surface area contributed by atoms with Crippen molar-refractivity contribution in [2.24, 2.45) is 11.8 Å². The number of ether oxygens (including phenoxy) is 1. The first kappa shape index (κ1) is 22.2. The minimum Gasteiger partial charge on any atom is -0.482 e. The fraction of sp³-hybridized carbons (Fsp3) is 0.556. The molecule has 1 aromatic heterocycles. The second kappa shape index (κ2) is 8.72. The second-order valence-corrected chi connectivity index (χ2v) is 10.8. The molecule has 0 N–H and O–H groups in total. The lowest BCUT2D eigenvalue weighted by molar-refractivity contribution is -0.138. The molecule has 7 heteroatoms. The van der Waals surface area contributed by atoms with Gasteiger partial charge in [0.2, 0.25) is 0 Å². The normalized spacial score (nSPS) is 28.8. The van der Waals surface area contributed by atoms with E-state index in [0.717, 1.165) is 36.9 Å². The maximum absolute atomic E-state index is 13.4. The lowest BCUT2D eigenvalue weighted by Gasteiger charge is -2.54. The van der Waals surface area contributed by atoms with Crippen molar-refractivity contribution in [1.29, 1.82) is 0 Å². The number of amides is 1. The van der Waals surface area contributed by atoms with Crippen LogP contribution in [0.3, 0.4) is 0 Å². The van der Waals surface area contributed by atoms with E-state index in [0.29, 0.717) is 34.2 Å². The summed E-state index contributed by atoms with van der Waals surface area (Å²) in [6.07, 6.45) is 9.77. The third-order valence-electron chi connectivity index (χ3n) is 8.33. The minimum atomic E-state index is -0.416. The van der Waals surface area contributed by atoms with E-state index in [2.05, 4.69) is 15.9 Å². The van der Waals surface area contributed by atoms with Gasteiger partial charge >= 0.3 is 5.63 Å². The van der Waals surface area contributed by atoms with Crippen molar-refractivity contribution >= 4 is 28.5 Å². The summed E-state index contributed by atoms with van der Waals surface area (Å²) >= 11 is 6.44. The molecular weight excluding hydrogens is 452 g/mol. The highest BCUT2D eigenvalue weighted by Gasteiger charge is 2.46. The van der Waals surface area contributed by atoms with Crippen molar-refractivity contribution in [2.45, 2.75) is 57.5 Å². The molecule has 1 aliphatic carbocycles. The van der Waals surface area contributed by atoms with Crippen molar-refractivity contribution in [1.82, 2.24) is 9.80 Å². The number of piperidine rings is 3. The van der Waals surface area contributed by atoms with Crippen LogP contribution in [0.4, 0.5) is 0 Å². The van der Waals surface area contributed by atoms with Crippen LogP contribution in [-0.4, -0.2) is 54.0 Å². The van der Waals surface area contributed by atoms with E-state index in [9.17, 15) is 9.59 Å². The summed E-state index contributed by atoms with van der Waals surface area (Å²) in [6, 6.07) is 5.68. The quantitative estimate of drug-likeness (QED) is 0.474. The van der Waals surface area contributed by atoms with Gasteiger partial charge in [0.05, 0.1) is 11.1 Å². The van der Waals surface area contributed by atoms with Gasteiger partial charge in [0.25, 0.3) is 5.91 Å². The Morgan fingerprint density at radius 2 is 2.09 bits per heavy atom. The van der Waals surface area contributed by atoms with Gasteiger partial charge in [-0.25, -0.2) is 4.79 Å². The number of aryl methyl sites for hydroxylation is 1. The largest absolute Gasteiger partial charge is 0.482 e. The molecule has 1 amide bonds. The molecule has 4 heterocycles. The van der Waals surface area contributed by atoms with E-state index in [4.69, 9.17) is 20.8 Å². The van der Waals surface area contributed by atoms with Crippen molar-refractivity contribution in [3.8, 4) is 5.75 Å². The van der Waals surface area contributed by atoms with E-state index in [1.165, 1.54) is 43.9 Å². The first-order valence-electron chi connectivity index (χ1n) is 12.6. The number of benzene rings is 1. The van der Waals surface area contributed by atoms with Crippen LogP contribution in [0.1, 0.15) is 44.1 Å². The molecule has 0 unspecified atom stereocenters. The molecule has 6 nitrogen and oxygen atoms in total. The summed E-state index contributed by atoms with van der Waals surface area (Å²) in [5, 5.41) is 1.17. The summed E-state index contributed by atoms with van der Waals surface area (Å²) in [4.78, 5) is 29.9. The van der Waals surface area contributed by atoms with E-state index < -0.39 is 5.63 Å². The molecule has 4 atom stereocenters. The Labute approximate surface area is 204 Å². The molecule has 3 aliphatic heterocycles. The molecule has 2 aromatic rings. The van der Waals surface area contributed by atoms with Gasteiger partial charge in [0, 0.05) is 36.7 Å². The van der Waals surface area contributed by atoms with Crippen LogP contribution < -0.4 is 10.4 Å². The lowest BCUT2D eigenvalue weighted by Crippen LogP contribution is -2.60. The van der Waals surface area contributed by atoms with Crippen LogP contribution in [0.25, 0.3) is 11.0 Å². The number of nitrogens with zero attached hydrogens (tertiary/aromatic N) is 2. The van der Waals surface area contributed by atoms with Crippen molar-refractivity contribution in [2.75, 3.05) is 26.2 Å². The van der Waals surface area contributed by atoms with Gasteiger partial charge in [-0.3, -0.25) is 9.69 Å². The number of carbonyl (C=O) groups excluding carboxylic acids is 1. The van der Waals surface area contributed by atoms with E-state index in [1.54, 1.807) is 12.1 Å². The number of hydrogen-bond donors (Lipinski definition) is 0. The minimum absolute atomic E-state index is 0.00308. The molecule has 180 valence electrons. The van der Waals surface area contributed by atoms with Crippen LogP contribution in [0.2, 0.25) is 5.02 Å². The number of hydrogen-bond acceptors (Lipinski definition) is 5. The van der Waals surface area contributed by atoms with Crippen LogP contribution in [0, 0.1) is 18.8 Å². The Kier molecular flexibility index (Phi) is 5.69. The fourth-order valence-corrected chi connectivity index (χ4v) is 7.12.